The van der Waals surface area contributed by atoms with Gasteiger partial charge in [0.1, 0.15) is 0 Å². The molecule has 0 aliphatic carbocycles. The van der Waals surface area contributed by atoms with Crippen molar-refractivity contribution < 1.29 is 0 Å². The molecule has 0 atom stereocenters. The molecule has 2 aromatic rings. The van der Waals surface area contributed by atoms with Crippen LogP contribution in [0.4, 0.5) is 10.8 Å². The van der Waals surface area contributed by atoms with E-state index in [0.717, 1.165) is 15.9 Å². The highest BCUT2D eigenvalue weighted by atomic mass is 35.5. The fraction of sp³-hybridized carbons (Fsp3) is 0. The molecule has 0 aliphatic rings. The van der Waals surface area contributed by atoms with Crippen LogP contribution < -0.4 is 11.5 Å². The SMILES string of the molecule is Cl.Cl.Nc1ccc2nc(N)sc2c1. The Morgan fingerprint density at radius 1 is 1.15 bits per heavy atom. The van der Waals surface area contributed by atoms with Gasteiger partial charge in [-0.3, -0.25) is 0 Å². The second-order valence-electron chi connectivity index (χ2n) is 2.28. The van der Waals surface area contributed by atoms with Crippen molar-refractivity contribution in [3.63, 3.8) is 0 Å². The molecule has 1 heterocycles. The monoisotopic (exact) mass is 237 g/mol. The first-order valence-electron chi connectivity index (χ1n) is 3.17. The van der Waals surface area contributed by atoms with Crippen molar-refractivity contribution in [2.75, 3.05) is 11.5 Å². The number of benzene rings is 1. The molecular formula is C7H9Cl2N3S. The highest BCUT2D eigenvalue weighted by Crippen LogP contribution is 2.24. The molecule has 3 nitrogen and oxygen atoms in total. The normalized spacial score (nSPS) is 8.92. The van der Waals surface area contributed by atoms with Gasteiger partial charge < -0.3 is 11.5 Å². The van der Waals surface area contributed by atoms with Crippen molar-refractivity contribution in [1.82, 2.24) is 4.98 Å². The molecule has 0 fully saturated rings. The van der Waals surface area contributed by atoms with E-state index in [9.17, 15) is 0 Å². The van der Waals surface area contributed by atoms with Crippen LogP contribution in [0, 0.1) is 0 Å². The topological polar surface area (TPSA) is 64.9 Å². The van der Waals surface area contributed by atoms with Crippen molar-refractivity contribution in [3.05, 3.63) is 18.2 Å². The molecule has 0 saturated carbocycles. The van der Waals surface area contributed by atoms with Gasteiger partial charge in [0, 0.05) is 5.69 Å². The number of anilines is 2. The minimum absolute atomic E-state index is 0. The number of nitrogens with zero attached hydrogens (tertiary/aromatic N) is 1. The first-order valence-corrected chi connectivity index (χ1v) is 3.99. The molecular weight excluding hydrogens is 229 g/mol. The van der Waals surface area contributed by atoms with Crippen LogP contribution in [-0.2, 0) is 0 Å². The first-order chi connectivity index (χ1) is 5.25. The number of aromatic nitrogens is 1. The lowest BCUT2D eigenvalue weighted by molar-refractivity contribution is 1.50. The maximum absolute atomic E-state index is 5.57. The van der Waals surface area contributed by atoms with Crippen molar-refractivity contribution in [3.8, 4) is 0 Å². The minimum atomic E-state index is 0. The van der Waals surface area contributed by atoms with Gasteiger partial charge >= 0.3 is 0 Å². The van der Waals surface area contributed by atoms with Gasteiger partial charge in [-0.05, 0) is 18.2 Å². The summed E-state index contributed by atoms with van der Waals surface area (Å²) in [5, 5.41) is 0.589. The van der Waals surface area contributed by atoms with Gasteiger partial charge in [0.25, 0.3) is 0 Å². The summed E-state index contributed by atoms with van der Waals surface area (Å²) in [6, 6.07) is 5.57. The summed E-state index contributed by atoms with van der Waals surface area (Å²) in [5.41, 5.74) is 12.7. The van der Waals surface area contributed by atoms with Crippen LogP contribution in [0.5, 0.6) is 0 Å². The van der Waals surface area contributed by atoms with Crippen LogP contribution >= 0.6 is 36.2 Å². The minimum Gasteiger partial charge on any atom is -0.399 e. The molecule has 0 aliphatic heterocycles. The van der Waals surface area contributed by atoms with E-state index in [2.05, 4.69) is 4.98 Å². The zero-order chi connectivity index (χ0) is 7.84. The average Bonchev–Trinajstić information content (AvgIpc) is 2.27. The average molecular weight is 238 g/mol. The van der Waals surface area contributed by atoms with Gasteiger partial charge in [-0.15, -0.1) is 24.8 Å². The van der Waals surface area contributed by atoms with Crippen molar-refractivity contribution >= 4 is 57.2 Å². The maximum Gasteiger partial charge on any atom is 0.181 e. The van der Waals surface area contributed by atoms with Gasteiger partial charge in [-0.2, -0.15) is 0 Å². The molecule has 13 heavy (non-hydrogen) atoms. The van der Waals surface area contributed by atoms with E-state index in [1.807, 2.05) is 18.2 Å². The Kier molecular flexibility index (Phi) is 4.26. The van der Waals surface area contributed by atoms with Crippen LogP contribution in [-0.4, -0.2) is 4.98 Å². The van der Waals surface area contributed by atoms with E-state index in [4.69, 9.17) is 11.5 Å². The van der Waals surface area contributed by atoms with Gasteiger partial charge in [0.05, 0.1) is 10.2 Å². The summed E-state index contributed by atoms with van der Waals surface area (Å²) >= 11 is 1.45. The van der Waals surface area contributed by atoms with Crippen molar-refractivity contribution in [2.45, 2.75) is 0 Å². The zero-order valence-corrected chi connectivity index (χ0v) is 9.01. The smallest absolute Gasteiger partial charge is 0.181 e. The highest BCUT2D eigenvalue weighted by molar-refractivity contribution is 7.22. The molecule has 72 valence electrons. The van der Waals surface area contributed by atoms with E-state index >= 15 is 0 Å². The molecule has 0 unspecified atom stereocenters. The van der Waals surface area contributed by atoms with Gasteiger partial charge in [0.15, 0.2) is 5.13 Å². The lowest BCUT2D eigenvalue weighted by Gasteiger charge is -1.88. The summed E-state index contributed by atoms with van der Waals surface area (Å²) < 4.78 is 1.04. The number of hydrogen-bond donors (Lipinski definition) is 2. The molecule has 0 bridgehead atoms. The Morgan fingerprint density at radius 2 is 1.85 bits per heavy atom. The summed E-state index contributed by atoms with van der Waals surface area (Å²) in [7, 11) is 0. The Morgan fingerprint density at radius 3 is 2.54 bits per heavy atom. The molecule has 2 rings (SSSR count). The van der Waals surface area contributed by atoms with Crippen LogP contribution in [0.3, 0.4) is 0 Å². The standard InChI is InChI=1S/C7H7N3S.2ClH/c8-4-1-2-5-6(3-4)11-7(9)10-5;;/h1-3H,8H2,(H2,9,10);2*1H. The second-order valence-corrected chi connectivity index (χ2v) is 3.34. The number of nitrogens with two attached hydrogens (primary N) is 2. The van der Waals surface area contributed by atoms with E-state index in [0.29, 0.717) is 5.13 Å². The Labute approximate surface area is 92.0 Å². The molecule has 0 amide bonds. The van der Waals surface area contributed by atoms with E-state index in [1.54, 1.807) is 0 Å². The largest absolute Gasteiger partial charge is 0.399 e. The van der Waals surface area contributed by atoms with E-state index in [-0.39, 0.29) is 24.8 Å². The lowest BCUT2D eigenvalue weighted by Crippen LogP contribution is -1.81. The second kappa shape index (κ2) is 4.50. The third-order valence-corrected chi connectivity index (χ3v) is 2.28. The summed E-state index contributed by atoms with van der Waals surface area (Å²) in [5.74, 6) is 0. The van der Waals surface area contributed by atoms with Gasteiger partial charge in [-0.25, -0.2) is 4.98 Å². The molecule has 6 heteroatoms. The number of fused-ring (bicyclic) bond motifs is 1. The predicted octanol–water partition coefficient (Wildman–Crippen LogP) is 2.30. The van der Waals surface area contributed by atoms with Crippen LogP contribution in [0.1, 0.15) is 0 Å². The fourth-order valence-corrected chi connectivity index (χ4v) is 1.74. The first kappa shape index (κ1) is 12.3. The summed E-state index contributed by atoms with van der Waals surface area (Å²) in [6.45, 7) is 0. The van der Waals surface area contributed by atoms with Crippen LogP contribution in [0.15, 0.2) is 18.2 Å². The summed E-state index contributed by atoms with van der Waals surface area (Å²) in [4.78, 5) is 4.10. The quantitative estimate of drug-likeness (QED) is 0.692. The van der Waals surface area contributed by atoms with Crippen molar-refractivity contribution in [1.29, 1.82) is 0 Å². The Hall–Kier alpha value is -0.710. The van der Waals surface area contributed by atoms with Crippen LogP contribution in [0.2, 0.25) is 0 Å². The van der Waals surface area contributed by atoms with Gasteiger partial charge in [-0.1, -0.05) is 11.3 Å². The number of halogens is 2. The predicted molar refractivity (Wildman–Crippen MR) is 62.9 cm³/mol. The summed E-state index contributed by atoms with van der Waals surface area (Å²) in [6.07, 6.45) is 0. The lowest BCUT2D eigenvalue weighted by atomic mass is 10.3. The fourth-order valence-electron chi connectivity index (χ4n) is 0.959. The van der Waals surface area contributed by atoms with E-state index in [1.165, 1.54) is 11.3 Å². The third-order valence-electron chi connectivity index (χ3n) is 1.43. The Balaban J connectivity index is 0.000000720. The molecule has 0 radical (unpaired) electrons. The van der Waals surface area contributed by atoms with Crippen molar-refractivity contribution in [2.24, 2.45) is 0 Å². The van der Waals surface area contributed by atoms with Crippen LogP contribution in [0.25, 0.3) is 10.2 Å². The molecule has 0 spiro atoms. The maximum atomic E-state index is 5.57. The van der Waals surface area contributed by atoms with E-state index < -0.39 is 0 Å². The number of thiazole rings is 1. The molecule has 1 aromatic heterocycles. The third kappa shape index (κ3) is 2.37. The highest BCUT2D eigenvalue weighted by Gasteiger charge is 1.99. The number of rotatable bonds is 0. The number of hydrogen-bond acceptors (Lipinski definition) is 4. The van der Waals surface area contributed by atoms with Gasteiger partial charge in [0.2, 0.25) is 0 Å². The molecule has 1 aromatic carbocycles. The molecule has 0 saturated heterocycles. The Bertz CT molecular complexity index is 402. The zero-order valence-electron chi connectivity index (χ0n) is 6.56. The molecule has 4 N–H and O–H groups in total. The number of nitrogen functional groups attached to an aromatic ring is 2.